The number of halogens is 1. The fourth-order valence-electron chi connectivity index (χ4n) is 1.28. The highest BCUT2D eigenvalue weighted by atomic mass is 79.9. The van der Waals surface area contributed by atoms with E-state index in [1.54, 1.807) is 13.3 Å². The van der Waals surface area contributed by atoms with Crippen molar-refractivity contribution in [3.05, 3.63) is 34.9 Å². The van der Waals surface area contributed by atoms with Crippen molar-refractivity contribution >= 4 is 26.8 Å². The lowest BCUT2D eigenvalue weighted by Crippen LogP contribution is -1.87. The number of aromatic nitrogens is 1. The smallest absolute Gasteiger partial charge is 0.145 e. The second kappa shape index (κ2) is 3.34. The van der Waals surface area contributed by atoms with Gasteiger partial charge in [-0.1, -0.05) is 22.0 Å². The van der Waals surface area contributed by atoms with Crippen LogP contribution in [0.1, 0.15) is 0 Å². The summed E-state index contributed by atoms with van der Waals surface area (Å²) in [5.74, 6) is 0.804. The molecule has 2 nitrogen and oxygen atoms in total. The Bertz CT molecular complexity index is 442. The van der Waals surface area contributed by atoms with Crippen molar-refractivity contribution in [2.45, 2.75) is 0 Å². The molecule has 0 N–H and O–H groups in total. The van der Waals surface area contributed by atoms with Crippen LogP contribution in [0.15, 0.2) is 34.9 Å². The average molecular weight is 238 g/mol. The van der Waals surface area contributed by atoms with Gasteiger partial charge in [-0.25, -0.2) is 0 Å². The number of hydrogen-bond donors (Lipinski definition) is 0. The van der Waals surface area contributed by atoms with Gasteiger partial charge < -0.3 is 4.74 Å². The van der Waals surface area contributed by atoms with Gasteiger partial charge in [-0.2, -0.15) is 0 Å². The van der Waals surface area contributed by atoms with E-state index < -0.39 is 0 Å². The zero-order chi connectivity index (χ0) is 9.26. The normalized spacial score (nSPS) is 10.3. The van der Waals surface area contributed by atoms with E-state index >= 15 is 0 Å². The van der Waals surface area contributed by atoms with Crippen molar-refractivity contribution in [1.82, 2.24) is 4.98 Å². The summed E-state index contributed by atoms with van der Waals surface area (Å²) in [7, 11) is 1.65. The van der Waals surface area contributed by atoms with Gasteiger partial charge in [0.05, 0.1) is 7.11 Å². The Morgan fingerprint density at radius 2 is 2.15 bits per heavy atom. The molecule has 0 atom stereocenters. The third-order valence-electron chi connectivity index (χ3n) is 1.90. The predicted molar refractivity (Wildman–Crippen MR) is 56.0 cm³/mol. The molecule has 2 rings (SSSR count). The van der Waals surface area contributed by atoms with Crippen LogP contribution in [0.25, 0.3) is 10.9 Å². The maximum absolute atomic E-state index is 5.20. The molecule has 1 aromatic heterocycles. The second-order valence-electron chi connectivity index (χ2n) is 2.65. The van der Waals surface area contributed by atoms with E-state index in [2.05, 4.69) is 20.9 Å². The molecule has 3 heteroatoms. The molecule has 0 radical (unpaired) electrons. The quantitative estimate of drug-likeness (QED) is 0.761. The maximum Gasteiger partial charge on any atom is 0.145 e. The van der Waals surface area contributed by atoms with Gasteiger partial charge in [-0.3, -0.25) is 4.98 Å². The lowest BCUT2D eigenvalue weighted by Gasteiger charge is -2.04. The Balaban J connectivity index is 2.84. The fraction of sp³-hybridized carbons (Fsp3) is 0.100. The van der Waals surface area contributed by atoms with Crippen LogP contribution in [0.4, 0.5) is 0 Å². The molecule has 1 heterocycles. The van der Waals surface area contributed by atoms with Crippen LogP contribution < -0.4 is 4.74 Å². The van der Waals surface area contributed by atoms with Crippen molar-refractivity contribution in [2.24, 2.45) is 0 Å². The number of rotatable bonds is 1. The third kappa shape index (κ3) is 1.40. The predicted octanol–water partition coefficient (Wildman–Crippen LogP) is 3.01. The van der Waals surface area contributed by atoms with E-state index in [4.69, 9.17) is 4.74 Å². The standard InChI is InChI=1S/C10H8BrNO/c1-13-9-5-4-8(11)7-3-2-6-12-10(7)9/h2-6H,1H3. The van der Waals surface area contributed by atoms with E-state index in [1.807, 2.05) is 24.3 Å². The van der Waals surface area contributed by atoms with Crippen molar-refractivity contribution in [3.8, 4) is 5.75 Å². The molecule has 0 amide bonds. The summed E-state index contributed by atoms with van der Waals surface area (Å²) in [6.07, 6.45) is 1.76. The van der Waals surface area contributed by atoms with Crippen molar-refractivity contribution in [2.75, 3.05) is 7.11 Å². The van der Waals surface area contributed by atoms with E-state index in [-0.39, 0.29) is 0 Å². The SMILES string of the molecule is COc1ccc(Br)c2cccnc12. The number of pyridine rings is 1. The minimum absolute atomic E-state index is 0.804. The Labute approximate surface area is 84.7 Å². The second-order valence-corrected chi connectivity index (χ2v) is 3.50. The number of nitrogens with zero attached hydrogens (tertiary/aromatic N) is 1. The van der Waals surface area contributed by atoms with Crippen LogP contribution in [0.2, 0.25) is 0 Å². The highest BCUT2D eigenvalue weighted by Gasteiger charge is 2.03. The average Bonchev–Trinajstić information content (AvgIpc) is 2.19. The molecule has 0 bridgehead atoms. The first-order valence-electron chi connectivity index (χ1n) is 3.90. The number of fused-ring (bicyclic) bond motifs is 1. The molecule has 66 valence electrons. The monoisotopic (exact) mass is 237 g/mol. The van der Waals surface area contributed by atoms with Gasteiger partial charge in [0.1, 0.15) is 11.3 Å². The molecule has 0 spiro atoms. The van der Waals surface area contributed by atoms with Gasteiger partial charge in [-0.05, 0) is 18.2 Å². The van der Waals surface area contributed by atoms with Gasteiger partial charge in [0.2, 0.25) is 0 Å². The molecular formula is C10H8BrNO. The molecule has 0 saturated heterocycles. The molecule has 2 aromatic rings. The zero-order valence-electron chi connectivity index (χ0n) is 7.12. The summed E-state index contributed by atoms with van der Waals surface area (Å²) in [5.41, 5.74) is 0.888. The molecular weight excluding hydrogens is 230 g/mol. The first kappa shape index (κ1) is 8.51. The highest BCUT2D eigenvalue weighted by molar-refractivity contribution is 9.10. The number of ether oxygens (including phenoxy) is 1. The Morgan fingerprint density at radius 1 is 1.31 bits per heavy atom. The Hall–Kier alpha value is -1.09. The zero-order valence-corrected chi connectivity index (χ0v) is 8.71. The van der Waals surface area contributed by atoms with E-state index in [0.717, 1.165) is 21.1 Å². The van der Waals surface area contributed by atoms with Gasteiger partial charge >= 0.3 is 0 Å². The molecule has 0 aliphatic heterocycles. The fourth-order valence-corrected chi connectivity index (χ4v) is 1.73. The summed E-state index contributed by atoms with van der Waals surface area (Å²) in [4.78, 5) is 4.26. The van der Waals surface area contributed by atoms with Crippen LogP contribution in [0, 0.1) is 0 Å². The number of hydrogen-bond acceptors (Lipinski definition) is 2. The van der Waals surface area contributed by atoms with Gasteiger partial charge in [-0.15, -0.1) is 0 Å². The summed E-state index contributed by atoms with van der Waals surface area (Å²) < 4.78 is 6.24. The van der Waals surface area contributed by atoms with Crippen LogP contribution in [0.5, 0.6) is 5.75 Å². The van der Waals surface area contributed by atoms with Crippen LogP contribution in [-0.4, -0.2) is 12.1 Å². The minimum Gasteiger partial charge on any atom is -0.494 e. The van der Waals surface area contributed by atoms with E-state index in [0.29, 0.717) is 0 Å². The van der Waals surface area contributed by atoms with E-state index in [9.17, 15) is 0 Å². The van der Waals surface area contributed by atoms with Gasteiger partial charge in [0, 0.05) is 16.1 Å². The van der Waals surface area contributed by atoms with Crippen molar-refractivity contribution in [1.29, 1.82) is 0 Å². The Kier molecular flexibility index (Phi) is 2.19. The minimum atomic E-state index is 0.804. The molecule has 0 fully saturated rings. The first-order chi connectivity index (χ1) is 6.33. The maximum atomic E-state index is 5.20. The van der Waals surface area contributed by atoms with Crippen molar-refractivity contribution in [3.63, 3.8) is 0 Å². The largest absolute Gasteiger partial charge is 0.494 e. The first-order valence-corrected chi connectivity index (χ1v) is 4.69. The van der Waals surface area contributed by atoms with Crippen LogP contribution in [-0.2, 0) is 0 Å². The summed E-state index contributed by atoms with van der Waals surface area (Å²) in [5, 5.41) is 1.07. The highest BCUT2D eigenvalue weighted by Crippen LogP contribution is 2.29. The summed E-state index contributed by atoms with van der Waals surface area (Å²) in [6, 6.07) is 7.78. The van der Waals surface area contributed by atoms with Crippen LogP contribution >= 0.6 is 15.9 Å². The third-order valence-corrected chi connectivity index (χ3v) is 2.59. The lowest BCUT2D eigenvalue weighted by molar-refractivity contribution is 0.419. The molecule has 0 aliphatic carbocycles. The summed E-state index contributed by atoms with van der Waals surface area (Å²) in [6.45, 7) is 0. The van der Waals surface area contributed by atoms with Gasteiger partial charge in [0.15, 0.2) is 0 Å². The van der Waals surface area contributed by atoms with Gasteiger partial charge in [0.25, 0.3) is 0 Å². The lowest BCUT2D eigenvalue weighted by atomic mass is 10.2. The molecule has 0 aliphatic rings. The molecule has 0 unspecified atom stereocenters. The number of benzene rings is 1. The molecule has 0 saturated carbocycles. The molecule has 13 heavy (non-hydrogen) atoms. The topological polar surface area (TPSA) is 22.1 Å². The Morgan fingerprint density at radius 3 is 2.92 bits per heavy atom. The number of methoxy groups -OCH3 is 1. The summed E-state index contributed by atoms with van der Waals surface area (Å²) >= 11 is 3.46. The molecule has 1 aromatic carbocycles. The van der Waals surface area contributed by atoms with Crippen LogP contribution in [0.3, 0.4) is 0 Å². The van der Waals surface area contributed by atoms with E-state index in [1.165, 1.54) is 0 Å². The van der Waals surface area contributed by atoms with Crippen molar-refractivity contribution < 1.29 is 4.74 Å².